The first-order valence-corrected chi connectivity index (χ1v) is 45.7. The van der Waals surface area contributed by atoms with Gasteiger partial charge in [-0.1, -0.05) is 122 Å². The Hall–Kier alpha value is -10.7. The van der Waals surface area contributed by atoms with Crippen LogP contribution in [0.2, 0.25) is 36.3 Å². The van der Waals surface area contributed by atoms with Crippen LogP contribution in [0, 0.1) is 49.0 Å². The Labute approximate surface area is 761 Å². The summed E-state index contributed by atoms with van der Waals surface area (Å²) in [4.78, 5) is 91.5. The molecule has 0 saturated heterocycles. The summed E-state index contributed by atoms with van der Waals surface area (Å²) in [6.07, 6.45) is 22.0. The molecule has 0 saturated carbocycles. The van der Waals surface area contributed by atoms with Crippen LogP contribution in [0.3, 0.4) is 0 Å². The molecular weight excluding hydrogens is 1770 g/mol. The number of nitrogens with zero attached hydrogens (tertiary/aromatic N) is 10. The molecule has 0 radical (unpaired) electrons. The second-order valence-electron chi connectivity index (χ2n) is 32.3. The van der Waals surface area contributed by atoms with Crippen molar-refractivity contribution >= 4 is 79.1 Å². The number of fused-ring (bicyclic) bond motifs is 6. The summed E-state index contributed by atoms with van der Waals surface area (Å²) in [7, 11) is -3.71. The summed E-state index contributed by atoms with van der Waals surface area (Å²) in [5.74, 6) is 0. The maximum atomic E-state index is 13.3. The number of halogens is 1. The Balaban J connectivity index is 0.000000229. The molecule has 1 unspecified atom stereocenters. The van der Waals surface area contributed by atoms with Crippen molar-refractivity contribution in [1.29, 1.82) is 0 Å². The van der Waals surface area contributed by atoms with Gasteiger partial charge in [0.05, 0.1) is 61.0 Å². The van der Waals surface area contributed by atoms with Crippen molar-refractivity contribution in [2.75, 3.05) is 0 Å². The third-order valence-electron chi connectivity index (χ3n) is 21.8. The molecule has 0 amide bonds. The van der Waals surface area contributed by atoms with Gasteiger partial charge in [0.15, 0.2) is 22.9 Å². The van der Waals surface area contributed by atoms with Gasteiger partial charge in [0, 0.05) is 97.1 Å². The summed E-state index contributed by atoms with van der Waals surface area (Å²) in [6.45, 7) is 35.9. The minimum absolute atomic E-state index is 0. The van der Waals surface area contributed by atoms with E-state index in [0.29, 0.717) is 81.1 Å². The zero-order valence-electron chi connectivity index (χ0n) is 72.7. The first kappa shape index (κ1) is 102. The van der Waals surface area contributed by atoms with Gasteiger partial charge in [0.25, 0.3) is 33.4 Å². The molecule has 12 heterocycles. The number of aliphatic hydroxyl groups is 3. The van der Waals surface area contributed by atoms with E-state index in [2.05, 4.69) is 77.7 Å². The average Bonchev–Trinajstić information content (AvgIpc) is 1.50. The van der Waals surface area contributed by atoms with Crippen LogP contribution in [-0.4, -0.2) is 116 Å². The van der Waals surface area contributed by atoms with Crippen molar-refractivity contribution in [1.82, 2.24) is 54.6 Å². The zero-order chi connectivity index (χ0) is 87.5. The van der Waals surface area contributed by atoms with Gasteiger partial charge in [-0.05, 0) is 203 Å². The van der Waals surface area contributed by atoms with E-state index in [1.54, 1.807) is 75.4 Å². The van der Waals surface area contributed by atoms with Crippen LogP contribution in [0.15, 0.2) is 261 Å². The molecule has 0 aliphatic rings. The van der Waals surface area contributed by atoms with Gasteiger partial charge in [-0.3, -0.25) is 51.8 Å². The van der Waals surface area contributed by atoms with E-state index in [4.69, 9.17) is 21.6 Å². The molecule has 0 bridgehead atoms. The third-order valence-corrected chi connectivity index (χ3v) is 30.8. The second-order valence-corrected chi connectivity index (χ2v) is 42.1. The number of aryl methyl sites for hydroxylation is 6. The van der Waals surface area contributed by atoms with Crippen molar-refractivity contribution in [3.05, 3.63) is 369 Å². The van der Waals surface area contributed by atoms with E-state index in [9.17, 15) is 43.8 Å². The molecule has 0 aliphatic carbocycles. The number of carbonyl (C=O) groups excluding carboxylic acids is 1. The van der Waals surface area contributed by atoms with Crippen LogP contribution in [0.1, 0.15) is 134 Å². The van der Waals surface area contributed by atoms with E-state index in [0.717, 1.165) is 61.8 Å². The molecule has 651 valence electrons. The fourth-order valence-corrected chi connectivity index (χ4v) is 15.2. The topological polar surface area (TPSA) is 311 Å². The molecule has 12 aromatic heterocycles. The monoisotopic (exact) mass is 1880 g/mol. The summed E-state index contributed by atoms with van der Waals surface area (Å²) < 4.78 is 46.5. The zero-order valence-corrected chi connectivity index (χ0v) is 79.4. The van der Waals surface area contributed by atoms with Crippen molar-refractivity contribution < 1.29 is 75.4 Å². The molecule has 16 aromatic rings. The molecule has 0 aliphatic heterocycles. The standard InChI is InChI=1S/C21H28N2O2Si.C16H16N2O2.C15H24N2O2Si.C15H14N2O2.C15H12N2O2.C9H10N2O2.CH4.CH3.HI.Mg.Mn.2O/c1-16-12-13-22-14-18(15-25-26(5,6)21(2,3)4)23(20(24)19(16)22)17-10-8-7-9-11-17;1-11-8-9-17-10-14(12(2)19)18(16(20)15(11)17)13-6-4-3-5-7-13;1-11-7-8-17-9-12(16-14(18)13(11)17)10-19-20(5,6)15(2,3)4;2*1-11-7-8-16-9-13(10-18)17(15(19)14(11)16)12-5-3-2-4-6-12;1-6-2-3-11-4-7(5-12)10-9(13)8(6)11;;;;;;;/h7-14H,15H2,1-6H3;3-10,12,19H,1-2H3;7-9H,10H2,1-6H3,(H,16,18);2-9,18H,10H2,1H3;2-10H,1H3;2-4,12H,5H2,1H3,(H,10,13);1H4;1H3;1H;;;;/q;;;;;;;-1;;+2;;;/p-1. The summed E-state index contributed by atoms with van der Waals surface area (Å²) in [5.41, 5.74) is 15.7. The molecule has 4 aromatic carbocycles. The van der Waals surface area contributed by atoms with Crippen LogP contribution in [0.5, 0.6) is 0 Å². The normalized spacial score (nSPS) is 11.4. The number of para-hydroxylation sites is 4. The van der Waals surface area contributed by atoms with Crippen LogP contribution >= 0.6 is 0 Å². The Morgan fingerprint density at radius 2 is 0.694 bits per heavy atom. The van der Waals surface area contributed by atoms with Crippen LogP contribution < -0.4 is 57.3 Å². The number of aliphatic hydroxyl groups excluding tert-OH is 3. The number of hydrogen-bond donors (Lipinski definition) is 5. The molecule has 16 rings (SSSR count). The van der Waals surface area contributed by atoms with E-state index in [-0.39, 0.29) is 119 Å². The molecule has 124 heavy (non-hydrogen) atoms. The number of hydrogen-bond acceptors (Lipinski definition) is 14. The van der Waals surface area contributed by atoms with Crippen LogP contribution in [-0.2, 0) is 57.8 Å². The van der Waals surface area contributed by atoms with Gasteiger partial charge in [-0.15, -0.1) is 0 Å². The van der Waals surface area contributed by atoms with Gasteiger partial charge in [0.2, 0.25) is 0 Å². The summed E-state index contributed by atoms with van der Waals surface area (Å²) in [6, 6.07) is 49.2. The molecule has 1 atom stereocenters. The van der Waals surface area contributed by atoms with Crippen molar-refractivity contribution in [2.24, 2.45) is 0 Å². The quantitative estimate of drug-likeness (QED) is 0.0293. The first-order valence-electron chi connectivity index (χ1n) is 38.9. The van der Waals surface area contributed by atoms with E-state index >= 15 is 0 Å². The fraction of sp³-hybridized carbons (Fsp3) is 0.269. The molecule has 0 fully saturated rings. The average molecular weight is 1880 g/mol. The Morgan fingerprint density at radius 3 is 1.04 bits per heavy atom. The molecule has 0 spiro atoms. The van der Waals surface area contributed by atoms with Gasteiger partial charge in [0.1, 0.15) is 38.8 Å². The van der Waals surface area contributed by atoms with Gasteiger partial charge in [-0.25, -0.2) is 0 Å². The van der Waals surface area contributed by atoms with Crippen LogP contribution in [0.25, 0.3) is 55.8 Å². The van der Waals surface area contributed by atoms with Crippen molar-refractivity contribution in [3.63, 3.8) is 0 Å². The SMILES string of the molecule is C.Cc1ccn2cc(C(C)O)n(-c3ccccc3)c(=O)c12.Cc1ccn2cc(C=O)n(-c3ccccc3)c(=O)c12.Cc1ccn2cc(CO)[nH]c(=O)c12.Cc1ccn2cc(CO)n(-c3ccccc3)c(=O)c12.Cc1ccn2cc(CO[Si](C)(C)C(C)(C)C)[nH]c(=O)c12.Cc1ccn2cc(CO[Si](C)(C)C(C)(C)C)n(-c3ccccc3)c(=O)c12.[CH3-].[I-].[Mg+2].[O]=[Mn]=[O]. The van der Waals surface area contributed by atoms with Crippen molar-refractivity contribution in [2.45, 2.75) is 166 Å². The Bertz CT molecular complexity index is 6760. The minimum atomic E-state index is -1.92. The van der Waals surface area contributed by atoms with Gasteiger partial charge in [-0.2, -0.15) is 0 Å². The number of aromatic nitrogens is 12. The number of rotatable bonds is 14. The number of benzene rings is 4. The number of aldehydes is 1. The maximum absolute atomic E-state index is 13.3. The summed E-state index contributed by atoms with van der Waals surface area (Å²) >= 11 is -1.44. The van der Waals surface area contributed by atoms with Gasteiger partial charge >= 0.3 is 45.5 Å². The summed E-state index contributed by atoms with van der Waals surface area (Å²) in [5, 5.41) is 28.6. The molecule has 31 heteroatoms. The fourth-order valence-electron chi connectivity index (χ4n) is 13.3. The number of carbonyl (C=O) groups is 1. The van der Waals surface area contributed by atoms with Gasteiger partial charge < -0.3 is 91.9 Å². The van der Waals surface area contributed by atoms with E-state index in [1.165, 1.54) is 4.57 Å². The first-order chi connectivity index (χ1) is 56.9. The Morgan fingerprint density at radius 1 is 0.411 bits per heavy atom. The number of aromatic amines is 2. The molecule has 5 N–H and O–H groups in total. The van der Waals surface area contributed by atoms with E-state index in [1.807, 2.05) is 245 Å². The number of nitrogens with one attached hydrogen (secondary N) is 2. The molecular formula is C93H111IMgMnN12O14Si2. The Kier molecular flexibility index (Phi) is 36.1. The second kappa shape index (κ2) is 43.8. The predicted octanol–water partition coefficient (Wildman–Crippen LogP) is 12.8. The van der Waals surface area contributed by atoms with Crippen molar-refractivity contribution in [3.8, 4) is 22.7 Å². The molecule has 26 nitrogen and oxygen atoms in total. The predicted molar refractivity (Wildman–Crippen MR) is 489 cm³/mol. The number of H-pyrrole nitrogens is 2. The van der Waals surface area contributed by atoms with Crippen LogP contribution in [0.4, 0.5) is 0 Å². The third kappa shape index (κ3) is 22.9. The van der Waals surface area contributed by atoms with E-state index < -0.39 is 37.6 Å².